The van der Waals surface area contributed by atoms with Gasteiger partial charge in [-0.1, -0.05) is 26.0 Å². The molecule has 74 valence electrons. The SMILES string of the molecule is CC.CC(C)Oc1ccccc1N. The van der Waals surface area contributed by atoms with Gasteiger partial charge in [0.2, 0.25) is 0 Å². The first-order chi connectivity index (χ1) is 6.20. The minimum absolute atomic E-state index is 0.180. The van der Waals surface area contributed by atoms with Crippen LogP contribution in [0.5, 0.6) is 5.75 Å². The van der Waals surface area contributed by atoms with E-state index in [-0.39, 0.29) is 6.10 Å². The molecule has 0 bridgehead atoms. The smallest absolute Gasteiger partial charge is 0.142 e. The van der Waals surface area contributed by atoms with Gasteiger partial charge in [-0.3, -0.25) is 0 Å². The molecular weight excluding hydrogens is 162 g/mol. The van der Waals surface area contributed by atoms with E-state index < -0.39 is 0 Å². The second kappa shape index (κ2) is 6.35. The molecule has 2 N–H and O–H groups in total. The summed E-state index contributed by atoms with van der Waals surface area (Å²) in [6.45, 7) is 7.96. The summed E-state index contributed by atoms with van der Waals surface area (Å²) in [5.41, 5.74) is 6.34. The first-order valence-electron chi connectivity index (χ1n) is 4.71. The predicted molar refractivity (Wildman–Crippen MR) is 58.0 cm³/mol. The average Bonchev–Trinajstić information content (AvgIpc) is 2.12. The Morgan fingerprint density at radius 2 is 1.69 bits per heavy atom. The number of para-hydroxylation sites is 2. The van der Waals surface area contributed by atoms with E-state index in [2.05, 4.69) is 0 Å². The van der Waals surface area contributed by atoms with Gasteiger partial charge >= 0.3 is 0 Å². The van der Waals surface area contributed by atoms with Crippen molar-refractivity contribution in [3.8, 4) is 5.75 Å². The van der Waals surface area contributed by atoms with Gasteiger partial charge in [-0.05, 0) is 26.0 Å². The van der Waals surface area contributed by atoms with Crippen molar-refractivity contribution < 1.29 is 4.74 Å². The Morgan fingerprint density at radius 3 is 2.15 bits per heavy atom. The van der Waals surface area contributed by atoms with Crippen LogP contribution in [0, 0.1) is 0 Å². The van der Waals surface area contributed by atoms with Crippen LogP contribution in [0.25, 0.3) is 0 Å². The highest BCUT2D eigenvalue weighted by Gasteiger charge is 1.99. The molecule has 0 unspecified atom stereocenters. The lowest BCUT2D eigenvalue weighted by atomic mass is 10.3. The Morgan fingerprint density at radius 1 is 1.15 bits per heavy atom. The summed E-state index contributed by atoms with van der Waals surface area (Å²) in [5.74, 6) is 0.766. The van der Waals surface area contributed by atoms with E-state index in [4.69, 9.17) is 10.5 Å². The molecule has 0 amide bonds. The number of rotatable bonds is 2. The molecule has 1 aromatic rings. The lowest BCUT2D eigenvalue weighted by molar-refractivity contribution is 0.244. The van der Waals surface area contributed by atoms with Crippen molar-refractivity contribution in [2.75, 3.05) is 5.73 Å². The van der Waals surface area contributed by atoms with E-state index >= 15 is 0 Å². The maximum atomic E-state index is 5.64. The van der Waals surface area contributed by atoms with Gasteiger partial charge in [0.15, 0.2) is 0 Å². The molecule has 0 aliphatic heterocycles. The Labute approximate surface area is 80.7 Å². The van der Waals surface area contributed by atoms with Gasteiger partial charge in [0, 0.05) is 0 Å². The lowest BCUT2D eigenvalue weighted by Crippen LogP contribution is -2.06. The number of nitrogen functional groups attached to an aromatic ring is 1. The van der Waals surface area contributed by atoms with Crippen LogP contribution in [0.4, 0.5) is 5.69 Å². The van der Waals surface area contributed by atoms with Crippen molar-refractivity contribution in [1.82, 2.24) is 0 Å². The zero-order chi connectivity index (χ0) is 10.3. The average molecular weight is 181 g/mol. The minimum atomic E-state index is 0.180. The van der Waals surface area contributed by atoms with Crippen molar-refractivity contribution in [2.45, 2.75) is 33.8 Å². The first kappa shape index (κ1) is 11.8. The maximum Gasteiger partial charge on any atom is 0.142 e. The van der Waals surface area contributed by atoms with E-state index in [1.807, 2.05) is 52.0 Å². The molecule has 0 heterocycles. The zero-order valence-corrected chi connectivity index (χ0v) is 8.87. The highest BCUT2D eigenvalue weighted by molar-refractivity contribution is 5.51. The Balaban J connectivity index is 0.000000671. The Hall–Kier alpha value is -1.18. The summed E-state index contributed by atoms with van der Waals surface area (Å²) in [5, 5.41) is 0. The van der Waals surface area contributed by atoms with Crippen molar-refractivity contribution in [1.29, 1.82) is 0 Å². The van der Waals surface area contributed by atoms with Gasteiger partial charge in [-0.2, -0.15) is 0 Å². The number of benzene rings is 1. The molecule has 0 radical (unpaired) electrons. The van der Waals surface area contributed by atoms with Crippen LogP contribution in [-0.2, 0) is 0 Å². The second-order valence-electron chi connectivity index (χ2n) is 2.70. The Bertz CT molecular complexity index is 233. The van der Waals surface area contributed by atoms with Crippen LogP contribution in [-0.4, -0.2) is 6.10 Å². The summed E-state index contributed by atoms with van der Waals surface area (Å²) >= 11 is 0. The highest BCUT2D eigenvalue weighted by Crippen LogP contribution is 2.20. The normalized spacial score (nSPS) is 9.00. The molecule has 1 aromatic carbocycles. The van der Waals surface area contributed by atoms with Gasteiger partial charge in [-0.15, -0.1) is 0 Å². The van der Waals surface area contributed by atoms with Crippen molar-refractivity contribution in [3.63, 3.8) is 0 Å². The maximum absolute atomic E-state index is 5.64. The number of ether oxygens (including phenoxy) is 1. The van der Waals surface area contributed by atoms with E-state index in [0.717, 1.165) is 5.75 Å². The number of nitrogens with two attached hydrogens (primary N) is 1. The molecule has 1 rings (SSSR count). The van der Waals surface area contributed by atoms with E-state index in [1.54, 1.807) is 0 Å². The fourth-order valence-electron chi connectivity index (χ4n) is 0.842. The lowest BCUT2D eigenvalue weighted by Gasteiger charge is -2.10. The molecule has 0 aliphatic rings. The summed E-state index contributed by atoms with van der Waals surface area (Å²) < 4.78 is 5.42. The van der Waals surface area contributed by atoms with Crippen molar-refractivity contribution in [3.05, 3.63) is 24.3 Å². The van der Waals surface area contributed by atoms with Gasteiger partial charge in [-0.25, -0.2) is 0 Å². The van der Waals surface area contributed by atoms with Crippen LogP contribution >= 0.6 is 0 Å². The molecule has 13 heavy (non-hydrogen) atoms. The van der Waals surface area contributed by atoms with Gasteiger partial charge in [0.05, 0.1) is 11.8 Å². The van der Waals surface area contributed by atoms with E-state index in [9.17, 15) is 0 Å². The van der Waals surface area contributed by atoms with Crippen LogP contribution in [0.2, 0.25) is 0 Å². The fraction of sp³-hybridized carbons (Fsp3) is 0.455. The highest BCUT2D eigenvalue weighted by atomic mass is 16.5. The molecule has 2 nitrogen and oxygen atoms in total. The third-order valence-corrected chi connectivity index (χ3v) is 1.28. The molecule has 0 aromatic heterocycles. The zero-order valence-electron chi connectivity index (χ0n) is 8.87. The van der Waals surface area contributed by atoms with E-state index in [0.29, 0.717) is 5.69 Å². The van der Waals surface area contributed by atoms with Crippen LogP contribution in [0.1, 0.15) is 27.7 Å². The molecule has 0 fully saturated rings. The molecule has 0 spiro atoms. The molecule has 0 saturated heterocycles. The van der Waals surface area contributed by atoms with Crippen LogP contribution in [0.3, 0.4) is 0 Å². The number of hydrogen-bond acceptors (Lipinski definition) is 2. The number of anilines is 1. The Kier molecular flexibility index (Phi) is 5.77. The monoisotopic (exact) mass is 181 g/mol. The van der Waals surface area contributed by atoms with Crippen LogP contribution in [0.15, 0.2) is 24.3 Å². The third-order valence-electron chi connectivity index (χ3n) is 1.28. The summed E-state index contributed by atoms with van der Waals surface area (Å²) in [6.07, 6.45) is 0.180. The van der Waals surface area contributed by atoms with Crippen molar-refractivity contribution >= 4 is 5.69 Å². The quantitative estimate of drug-likeness (QED) is 0.711. The van der Waals surface area contributed by atoms with Crippen LogP contribution < -0.4 is 10.5 Å². The molecular formula is C11H19NO. The molecule has 0 atom stereocenters. The molecule has 0 saturated carbocycles. The van der Waals surface area contributed by atoms with Gasteiger partial charge in [0.1, 0.15) is 5.75 Å². The molecule has 2 heteroatoms. The topological polar surface area (TPSA) is 35.2 Å². The predicted octanol–water partition coefficient (Wildman–Crippen LogP) is 3.08. The summed E-state index contributed by atoms with van der Waals surface area (Å²) in [4.78, 5) is 0. The van der Waals surface area contributed by atoms with E-state index in [1.165, 1.54) is 0 Å². The first-order valence-corrected chi connectivity index (χ1v) is 4.71. The van der Waals surface area contributed by atoms with Crippen molar-refractivity contribution in [2.24, 2.45) is 0 Å². The second-order valence-corrected chi connectivity index (χ2v) is 2.70. The fourth-order valence-corrected chi connectivity index (χ4v) is 0.842. The summed E-state index contributed by atoms with van der Waals surface area (Å²) in [6, 6.07) is 7.50. The van der Waals surface area contributed by atoms with Gasteiger partial charge < -0.3 is 10.5 Å². The largest absolute Gasteiger partial charge is 0.489 e. The standard InChI is InChI=1S/C9H13NO.C2H6/c1-7(2)11-9-6-4-3-5-8(9)10;1-2/h3-7H,10H2,1-2H3;1-2H3. The van der Waals surface area contributed by atoms with Gasteiger partial charge in [0.25, 0.3) is 0 Å². The summed E-state index contributed by atoms with van der Waals surface area (Å²) in [7, 11) is 0. The number of hydrogen-bond donors (Lipinski definition) is 1. The molecule has 0 aliphatic carbocycles. The minimum Gasteiger partial charge on any atom is -0.489 e. The third kappa shape index (κ3) is 4.41.